The third kappa shape index (κ3) is 4.53. The van der Waals surface area contributed by atoms with Crippen LogP contribution in [0, 0.1) is 6.92 Å². The minimum Gasteiger partial charge on any atom is -0.392 e. The average Bonchev–Trinajstić information content (AvgIpc) is 3.20. The summed E-state index contributed by atoms with van der Waals surface area (Å²) in [5, 5.41) is 16.7. The van der Waals surface area contributed by atoms with Crippen molar-refractivity contribution in [1.29, 1.82) is 0 Å². The summed E-state index contributed by atoms with van der Waals surface area (Å²) in [7, 11) is 0. The zero-order chi connectivity index (χ0) is 24.2. The summed E-state index contributed by atoms with van der Waals surface area (Å²) >= 11 is 0. The van der Waals surface area contributed by atoms with Gasteiger partial charge < -0.3 is 21.9 Å². The molecule has 0 bridgehead atoms. The van der Waals surface area contributed by atoms with Gasteiger partial charge in [-0.05, 0) is 41.8 Å². The van der Waals surface area contributed by atoms with E-state index < -0.39 is 5.91 Å². The van der Waals surface area contributed by atoms with E-state index in [-0.39, 0.29) is 23.9 Å². The minimum absolute atomic E-state index is 0.0790. The van der Waals surface area contributed by atoms with Crippen molar-refractivity contribution < 1.29 is 14.7 Å². The Hall–Kier alpha value is -4.43. The number of nitrogens with one attached hydrogen (secondary N) is 1. The molecular weight excluding hydrogens is 430 g/mol. The summed E-state index contributed by atoms with van der Waals surface area (Å²) in [6, 6.07) is 21.7. The summed E-state index contributed by atoms with van der Waals surface area (Å²) in [6.45, 7) is 2.17. The number of anilines is 1. The number of primary amides is 1. The summed E-state index contributed by atoms with van der Waals surface area (Å²) in [4.78, 5) is 24.6. The number of nitrogens with two attached hydrogens (primary N) is 2. The Bertz CT molecular complexity index is 1340. The van der Waals surface area contributed by atoms with Crippen LogP contribution in [-0.4, -0.2) is 26.7 Å². The Morgan fingerprint density at radius 1 is 0.971 bits per heavy atom. The second kappa shape index (κ2) is 9.60. The number of aliphatic hydroxyl groups excluding tert-OH is 1. The molecule has 8 nitrogen and oxygen atoms in total. The van der Waals surface area contributed by atoms with E-state index >= 15 is 0 Å². The first-order chi connectivity index (χ1) is 16.4. The molecule has 0 aliphatic rings. The van der Waals surface area contributed by atoms with E-state index in [9.17, 15) is 14.7 Å². The van der Waals surface area contributed by atoms with Gasteiger partial charge in [0.2, 0.25) is 0 Å². The number of amides is 2. The number of rotatable bonds is 7. The smallest absolute Gasteiger partial charge is 0.254 e. The fourth-order valence-corrected chi connectivity index (χ4v) is 3.70. The number of hydrogen-bond acceptors (Lipinski definition) is 5. The van der Waals surface area contributed by atoms with Crippen LogP contribution in [0.2, 0.25) is 0 Å². The van der Waals surface area contributed by atoms with Crippen molar-refractivity contribution in [3.8, 4) is 16.9 Å². The minimum atomic E-state index is -0.680. The number of benzene rings is 3. The topological polar surface area (TPSA) is 136 Å². The van der Waals surface area contributed by atoms with Gasteiger partial charge in [0.1, 0.15) is 17.1 Å². The molecule has 8 heteroatoms. The van der Waals surface area contributed by atoms with Gasteiger partial charge in [0.25, 0.3) is 11.8 Å². The van der Waals surface area contributed by atoms with Crippen molar-refractivity contribution in [2.75, 3.05) is 5.73 Å². The lowest BCUT2D eigenvalue weighted by atomic mass is 10.0. The van der Waals surface area contributed by atoms with Crippen LogP contribution in [0.5, 0.6) is 0 Å². The van der Waals surface area contributed by atoms with Crippen LogP contribution in [0.4, 0.5) is 5.82 Å². The molecule has 2 amide bonds. The number of nitrogen functional groups attached to an aromatic ring is 1. The number of aliphatic hydroxyl groups is 1. The SMILES string of the molecule is Cc1ccccc1C(=O)NCc1ccc(-c2nn(-c3ccc(CO)cc3)c(N)c2C(N)=O)cc1. The highest BCUT2D eigenvalue weighted by molar-refractivity contribution is 6.03. The van der Waals surface area contributed by atoms with Gasteiger partial charge in [-0.15, -0.1) is 0 Å². The lowest BCUT2D eigenvalue weighted by Gasteiger charge is -2.08. The van der Waals surface area contributed by atoms with Gasteiger partial charge in [-0.2, -0.15) is 5.10 Å². The normalized spacial score (nSPS) is 10.8. The molecule has 0 fully saturated rings. The third-order valence-electron chi connectivity index (χ3n) is 5.60. The van der Waals surface area contributed by atoms with E-state index in [1.54, 1.807) is 30.3 Å². The van der Waals surface area contributed by atoms with Crippen LogP contribution in [-0.2, 0) is 13.2 Å². The van der Waals surface area contributed by atoms with Crippen LogP contribution in [0.1, 0.15) is 37.4 Å². The second-order valence-electron chi connectivity index (χ2n) is 7.90. The van der Waals surface area contributed by atoms with E-state index in [1.165, 1.54) is 4.68 Å². The van der Waals surface area contributed by atoms with E-state index in [2.05, 4.69) is 10.4 Å². The van der Waals surface area contributed by atoms with Gasteiger partial charge in [0, 0.05) is 17.7 Å². The molecule has 0 saturated heterocycles. The molecule has 4 rings (SSSR count). The lowest BCUT2D eigenvalue weighted by molar-refractivity contribution is 0.0949. The largest absolute Gasteiger partial charge is 0.392 e. The zero-order valence-corrected chi connectivity index (χ0v) is 18.7. The molecule has 0 spiro atoms. The molecule has 1 aromatic heterocycles. The Labute approximate surface area is 196 Å². The molecule has 0 saturated carbocycles. The van der Waals surface area contributed by atoms with Crippen molar-refractivity contribution in [2.24, 2.45) is 5.73 Å². The van der Waals surface area contributed by atoms with Crippen molar-refractivity contribution in [3.05, 3.63) is 101 Å². The van der Waals surface area contributed by atoms with E-state index in [1.807, 2.05) is 49.4 Å². The summed E-state index contributed by atoms with van der Waals surface area (Å²) in [5.74, 6) is -0.689. The highest BCUT2D eigenvalue weighted by Gasteiger charge is 2.22. The molecule has 172 valence electrons. The van der Waals surface area contributed by atoms with Gasteiger partial charge in [-0.1, -0.05) is 54.6 Å². The highest BCUT2D eigenvalue weighted by Crippen LogP contribution is 2.29. The van der Waals surface area contributed by atoms with E-state index in [0.717, 1.165) is 16.7 Å². The molecule has 34 heavy (non-hydrogen) atoms. The first kappa shape index (κ1) is 22.8. The Morgan fingerprint density at radius 3 is 2.24 bits per heavy atom. The average molecular weight is 456 g/mol. The van der Waals surface area contributed by atoms with Crippen LogP contribution in [0.25, 0.3) is 16.9 Å². The highest BCUT2D eigenvalue weighted by atomic mass is 16.3. The predicted octanol–water partition coefficient (Wildman–Crippen LogP) is 2.95. The van der Waals surface area contributed by atoms with Crippen molar-refractivity contribution >= 4 is 17.6 Å². The number of carbonyl (C=O) groups excluding carboxylic acids is 2. The zero-order valence-electron chi connectivity index (χ0n) is 18.7. The van der Waals surface area contributed by atoms with Crippen molar-refractivity contribution in [3.63, 3.8) is 0 Å². The van der Waals surface area contributed by atoms with Crippen LogP contribution >= 0.6 is 0 Å². The molecule has 4 aromatic rings. The molecule has 3 aromatic carbocycles. The van der Waals surface area contributed by atoms with Crippen LogP contribution in [0.3, 0.4) is 0 Å². The van der Waals surface area contributed by atoms with Crippen molar-refractivity contribution in [2.45, 2.75) is 20.1 Å². The molecule has 0 radical (unpaired) electrons. The molecule has 1 heterocycles. The molecule has 0 unspecified atom stereocenters. The van der Waals surface area contributed by atoms with E-state index in [4.69, 9.17) is 11.5 Å². The standard InChI is InChI=1S/C26H25N5O3/c1-16-4-2-3-5-21(16)26(34)29-14-17-6-10-19(11-7-17)23-22(25(28)33)24(27)31(30-23)20-12-8-18(15-32)9-13-20/h2-13,32H,14-15,27H2,1H3,(H2,28,33)(H,29,34). The Morgan fingerprint density at radius 2 is 1.62 bits per heavy atom. The van der Waals surface area contributed by atoms with Crippen molar-refractivity contribution in [1.82, 2.24) is 15.1 Å². The molecule has 6 N–H and O–H groups in total. The lowest BCUT2D eigenvalue weighted by Crippen LogP contribution is -2.23. The van der Waals surface area contributed by atoms with Crippen LogP contribution in [0.15, 0.2) is 72.8 Å². The van der Waals surface area contributed by atoms with Gasteiger partial charge in [0.05, 0.1) is 12.3 Å². The quantitative estimate of drug-likeness (QED) is 0.340. The maximum absolute atomic E-state index is 12.5. The maximum atomic E-state index is 12.5. The fraction of sp³-hybridized carbons (Fsp3) is 0.115. The number of hydrogen-bond donors (Lipinski definition) is 4. The maximum Gasteiger partial charge on any atom is 0.254 e. The van der Waals surface area contributed by atoms with Gasteiger partial charge in [-0.25, -0.2) is 4.68 Å². The number of aryl methyl sites for hydroxylation is 1. The van der Waals surface area contributed by atoms with Gasteiger partial charge in [0.15, 0.2) is 0 Å². The van der Waals surface area contributed by atoms with Gasteiger partial charge >= 0.3 is 0 Å². The summed E-state index contributed by atoms with van der Waals surface area (Å²) < 4.78 is 1.45. The van der Waals surface area contributed by atoms with E-state index in [0.29, 0.717) is 29.1 Å². The Kier molecular flexibility index (Phi) is 6.42. The summed E-state index contributed by atoms with van der Waals surface area (Å²) in [6.07, 6.45) is 0. The number of carbonyl (C=O) groups is 2. The van der Waals surface area contributed by atoms with Gasteiger partial charge in [-0.3, -0.25) is 9.59 Å². The molecular formula is C26H25N5O3. The molecule has 0 aliphatic carbocycles. The second-order valence-corrected chi connectivity index (χ2v) is 7.90. The molecule has 0 aliphatic heterocycles. The molecule has 0 atom stereocenters. The number of nitrogens with zero attached hydrogens (tertiary/aromatic N) is 2. The predicted molar refractivity (Wildman–Crippen MR) is 130 cm³/mol. The first-order valence-corrected chi connectivity index (χ1v) is 10.7. The first-order valence-electron chi connectivity index (χ1n) is 10.7. The number of aromatic nitrogens is 2. The third-order valence-corrected chi connectivity index (χ3v) is 5.60. The van der Waals surface area contributed by atoms with Crippen LogP contribution < -0.4 is 16.8 Å². The fourth-order valence-electron chi connectivity index (χ4n) is 3.70. The summed E-state index contributed by atoms with van der Waals surface area (Å²) in [5.41, 5.74) is 16.8. The monoisotopic (exact) mass is 455 g/mol. The Balaban J connectivity index is 1.57.